The molecule has 3 rings (SSSR count). The molecule has 0 spiro atoms. The van der Waals surface area contributed by atoms with E-state index in [4.69, 9.17) is 27.7 Å². The number of benzene rings is 1. The molecule has 1 aromatic heterocycles. The lowest BCUT2D eigenvalue weighted by atomic mass is 9.98. The van der Waals surface area contributed by atoms with E-state index >= 15 is 0 Å². The number of aryl methyl sites for hydroxylation is 1. The van der Waals surface area contributed by atoms with Crippen LogP contribution in [0.2, 0.25) is 10.0 Å². The maximum atomic E-state index is 12.5. The van der Waals surface area contributed by atoms with Crippen molar-refractivity contribution in [2.75, 3.05) is 18.4 Å². The fourth-order valence-electron chi connectivity index (χ4n) is 2.76. The number of nitrogens with zero attached hydrogens (tertiary/aromatic N) is 3. The van der Waals surface area contributed by atoms with Crippen LogP contribution in [0.5, 0.6) is 0 Å². The predicted molar refractivity (Wildman–Crippen MR) is 92.7 cm³/mol. The van der Waals surface area contributed by atoms with Crippen LogP contribution in [-0.2, 0) is 9.59 Å². The van der Waals surface area contributed by atoms with Gasteiger partial charge in [-0.05, 0) is 31.9 Å². The van der Waals surface area contributed by atoms with Crippen molar-refractivity contribution >= 4 is 40.7 Å². The number of hydrogen-bond donors (Lipinski definition) is 1. The second-order valence-corrected chi connectivity index (χ2v) is 6.61. The van der Waals surface area contributed by atoms with Gasteiger partial charge < -0.3 is 14.7 Å². The van der Waals surface area contributed by atoms with Gasteiger partial charge in [0.25, 0.3) is 0 Å². The number of nitrogens with one attached hydrogen (secondary N) is 1. The minimum atomic E-state index is -0.758. The number of carbonyl (C=O) groups excluding carboxylic acids is 2. The van der Waals surface area contributed by atoms with E-state index in [1.165, 1.54) is 4.90 Å². The van der Waals surface area contributed by atoms with Gasteiger partial charge in [-0.15, -0.1) is 0 Å². The molecule has 1 saturated heterocycles. The lowest BCUT2D eigenvalue weighted by Gasteiger charge is -2.30. The van der Waals surface area contributed by atoms with Gasteiger partial charge in [-0.1, -0.05) is 34.4 Å². The molecule has 0 aliphatic carbocycles. The highest BCUT2D eigenvalue weighted by Gasteiger charge is 2.31. The average Bonchev–Trinajstić information content (AvgIpc) is 3.05. The Labute approximate surface area is 154 Å². The van der Waals surface area contributed by atoms with Crippen LogP contribution in [0.25, 0.3) is 0 Å². The molecule has 25 heavy (non-hydrogen) atoms. The van der Waals surface area contributed by atoms with E-state index in [2.05, 4.69) is 15.5 Å². The zero-order chi connectivity index (χ0) is 18.0. The van der Waals surface area contributed by atoms with Gasteiger partial charge in [0, 0.05) is 13.1 Å². The summed E-state index contributed by atoms with van der Waals surface area (Å²) < 4.78 is 5.19. The van der Waals surface area contributed by atoms with Crippen LogP contribution in [0.15, 0.2) is 22.7 Å². The summed E-state index contributed by atoms with van der Waals surface area (Å²) in [5.74, 6) is -0.412. The molecule has 9 heteroatoms. The van der Waals surface area contributed by atoms with Gasteiger partial charge in [0.05, 0.1) is 21.7 Å². The van der Waals surface area contributed by atoms with Crippen LogP contribution < -0.4 is 5.32 Å². The number of halogens is 2. The lowest BCUT2D eigenvalue weighted by molar-refractivity contribution is -0.144. The van der Waals surface area contributed by atoms with Gasteiger partial charge in [0.15, 0.2) is 5.82 Å². The SMILES string of the molecule is Cc1noc(C2CCCN(C(=O)C(=O)Nc3cccc(Cl)c3Cl)C2)n1. The highest BCUT2D eigenvalue weighted by atomic mass is 35.5. The van der Waals surface area contributed by atoms with Crippen molar-refractivity contribution in [1.29, 1.82) is 0 Å². The largest absolute Gasteiger partial charge is 0.339 e. The Morgan fingerprint density at radius 1 is 1.36 bits per heavy atom. The lowest BCUT2D eigenvalue weighted by Crippen LogP contribution is -2.44. The van der Waals surface area contributed by atoms with Crippen LogP contribution in [0, 0.1) is 6.92 Å². The standard InChI is InChI=1S/C16H16Cl2N4O3/c1-9-19-15(25-21-9)10-4-3-7-22(8-10)16(24)14(23)20-12-6-2-5-11(17)13(12)18/h2,5-6,10H,3-4,7-8H2,1H3,(H,20,23). The molecule has 1 unspecified atom stereocenters. The van der Waals surface area contributed by atoms with E-state index in [1.54, 1.807) is 25.1 Å². The third kappa shape index (κ3) is 3.93. The van der Waals surface area contributed by atoms with Gasteiger partial charge in [0.1, 0.15) is 0 Å². The fourth-order valence-corrected chi connectivity index (χ4v) is 3.11. The zero-order valence-electron chi connectivity index (χ0n) is 13.5. The summed E-state index contributed by atoms with van der Waals surface area (Å²) in [4.78, 5) is 30.4. The van der Waals surface area contributed by atoms with Crippen molar-refractivity contribution in [2.24, 2.45) is 0 Å². The zero-order valence-corrected chi connectivity index (χ0v) is 15.0. The number of hydrogen-bond acceptors (Lipinski definition) is 5. The molecule has 0 saturated carbocycles. The summed E-state index contributed by atoms with van der Waals surface area (Å²) in [6.07, 6.45) is 1.58. The average molecular weight is 383 g/mol. The number of anilines is 1. The Morgan fingerprint density at radius 2 is 2.16 bits per heavy atom. The van der Waals surface area contributed by atoms with Crippen molar-refractivity contribution < 1.29 is 14.1 Å². The number of rotatable bonds is 2. The van der Waals surface area contributed by atoms with Gasteiger partial charge >= 0.3 is 11.8 Å². The number of amides is 2. The molecule has 1 fully saturated rings. The van der Waals surface area contributed by atoms with Gasteiger partial charge in [0.2, 0.25) is 5.89 Å². The first-order valence-electron chi connectivity index (χ1n) is 7.80. The number of likely N-dealkylation sites (tertiary alicyclic amines) is 1. The minimum absolute atomic E-state index is 0.0681. The summed E-state index contributed by atoms with van der Waals surface area (Å²) in [6, 6.07) is 4.83. The molecule has 132 valence electrons. The van der Waals surface area contributed by atoms with E-state index in [0.29, 0.717) is 35.5 Å². The van der Waals surface area contributed by atoms with Gasteiger partial charge in [-0.3, -0.25) is 9.59 Å². The smallest absolute Gasteiger partial charge is 0.313 e. The van der Waals surface area contributed by atoms with Gasteiger partial charge in [-0.2, -0.15) is 4.98 Å². The molecule has 1 N–H and O–H groups in total. The Kier molecular flexibility index (Phi) is 5.24. The summed E-state index contributed by atoms with van der Waals surface area (Å²) in [5, 5.41) is 6.78. The van der Waals surface area contributed by atoms with Crippen LogP contribution in [0.1, 0.15) is 30.5 Å². The van der Waals surface area contributed by atoms with E-state index in [0.717, 1.165) is 12.8 Å². The molecule has 1 aliphatic heterocycles. The highest BCUT2D eigenvalue weighted by molar-refractivity contribution is 6.45. The first-order valence-corrected chi connectivity index (χ1v) is 8.55. The van der Waals surface area contributed by atoms with Crippen molar-refractivity contribution in [1.82, 2.24) is 15.0 Å². The monoisotopic (exact) mass is 382 g/mol. The van der Waals surface area contributed by atoms with Crippen molar-refractivity contribution in [3.05, 3.63) is 40.0 Å². The molecule has 2 aromatic rings. The second kappa shape index (κ2) is 7.41. The summed E-state index contributed by atoms with van der Waals surface area (Å²) >= 11 is 11.9. The molecule has 1 atom stereocenters. The van der Waals surface area contributed by atoms with E-state index in [-0.39, 0.29) is 10.9 Å². The van der Waals surface area contributed by atoms with Crippen LogP contribution >= 0.6 is 23.2 Å². The Morgan fingerprint density at radius 3 is 2.88 bits per heavy atom. The maximum absolute atomic E-state index is 12.5. The quantitative estimate of drug-likeness (QED) is 0.806. The summed E-state index contributed by atoms with van der Waals surface area (Å²) in [7, 11) is 0. The number of piperidine rings is 1. The minimum Gasteiger partial charge on any atom is -0.339 e. The first kappa shape index (κ1) is 17.7. The molecule has 1 aromatic carbocycles. The fraction of sp³-hybridized carbons (Fsp3) is 0.375. The molecule has 7 nitrogen and oxygen atoms in total. The van der Waals surface area contributed by atoms with Crippen LogP contribution in [-0.4, -0.2) is 39.9 Å². The second-order valence-electron chi connectivity index (χ2n) is 5.83. The molecule has 2 amide bonds. The molecule has 1 aliphatic rings. The third-order valence-electron chi connectivity index (χ3n) is 4.00. The van der Waals surface area contributed by atoms with E-state index in [9.17, 15) is 9.59 Å². The molecule has 0 bridgehead atoms. The van der Waals surface area contributed by atoms with E-state index in [1.807, 2.05) is 0 Å². The van der Waals surface area contributed by atoms with Crippen molar-refractivity contribution in [2.45, 2.75) is 25.7 Å². The van der Waals surface area contributed by atoms with Crippen LogP contribution in [0.4, 0.5) is 5.69 Å². The third-order valence-corrected chi connectivity index (χ3v) is 4.81. The normalized spacial score (nSPS) is 17.4. The molecule has 2 heterocycles. The molecular formula is C16H16Cl2N4O3. The first-order chi connectivity index (χ1) is 12.0. The Hall–Kier alpha value is -2.12. The maximum Gasteiger partial charge on any atom is 0.313 e. The molecular weight excluding hydrogens is 367 g/mol. The Bertz CT molecular complexity index is 808. The Balaban J connectivity index is 1.67. The number of aromatic nitrogens is 2. The van der Waals surface area contributed by atoms with Crippen LogP contribution in [0.3, 0.4) is 0 Å². The van der Waals surface area contributed by atoms with Crippen molar-refractivity contribution in [3.63, 3.8) is 0 Å². The summed E-state index contributed by atoms with van der Waals surface area (Å²) in [5.41, 5.74) is 0.300. The van der Waals surface area contributed by atoms with E-state index < -0.39 is 11.8 Å². The highest BCUT2D eigenvalue weighted by Crippen LogP contribution is 2.30. The number of carbonyl (C=O) groups is 2. The predicted octanol–water partition coefficient (Wildman–Crippen LogP) is 3.03. The topological polar surface area (TPSA) is 88.3 Å². The van der Waals surface area contributed by atoms with Crippen molar-refractivity contribution in [3.8, 4) is 0 Å². The summed E-state index contributed by atoms with van der Waals surface area (Å²) in [6.45, 7) is 2.59. The van der Waals surface area contributed by atoms with Gasteiger partial charge in [-0.25, -0.2) is 0 Å². The molecule has 0 radical (unpaired) electrons.